The van der Waals surface area contributed by atoms with Crippen LogP contribution in [0.2, 0.25) is 0 Å². The summed E-state index contributed by atoms with van der Waals surface area (Å²) in [5.41, 5.74) is 1.63. The molecule has 0 saturated carbocycles. The first kappa shape index (κ1) is 19.4. The van der Waals surface area contributed by atoms with Crippen molar-refractivity contribution in [2.75, 3.05) is 14.2 Å². The number of hydrogen-bond donors (Lipinski definition) is 2. The van der Waals surface area contributed by atoms with Crippen molar-refractivity contribution >= 4 is 5.91 Å². The van der Waals surface area contributed by atoms with Gasteiger partial charge >= 0.3 is 0 Å². The van der Waals surface area contributed by atoms with Crippen LogP contribution in [0.5, 0.6) is 11.5 Å². The molecule has 0 aliphatic rings. The Bertz CT molecular complexity index is 924. The van der Waals surface area contributed by atoms with Crippen LogP contribution in [0.4, 0.5) is 0 Å². The zero-order valence-corrected chi connectivity index (χ0v) is 15.7. The Morgan fingerprint density at radius 3 is 2.61 bits per heavy atom. The maximum Gasteiger partial charge on any atom is 0.291 e. The van der Waals surface area contributed by atoms with Gasteiger partial charge in [-0.3, -0.25) is 4.79 Å². The molecular formula is C20H22N4O4. The van der Waals surface area contributed by atoms with Gasteiger partial charge < -0.3 is 19.9 Å². The zero-order valence-electron chi connectivity index (χ0n) is 15.7. The number of methoxy groups -OCH3 is 2. The maximum atomic E-state index is 12.3. The van der Waals surface area contributed by atoms with E-state index >= 15 is 0 Å². The molecule has 2 aromatic carbocycles. The number of carbonyl (C=O) groups excluding carboxylic acids is 1. The summed E-state index contributed by atoms with van der Waals surface area (Å²) in [7, 11) is 3.18. The zero-order chi connectivity index (χ0) is 19.9. The SMILES string of the molecule is COc1ccc([C@H](O)Cn2cnc(C(=O)NCc3cccc(OC)c3)n2)cc1. The summed E-state index contributed by atoms with van der Waals surface area (Å²) in [6.45, 7) is 0.515. The van der Waals surface area contributed by atoms with Gasteiger partial charge in [0.15, 0.2) is 0 Å². The van der Waals surface area contributed by atoms with Gasteiger partial charge in [-0.25, -0.2) is 9.67 Å². The normalized spacial score (nSPS) is 11.7. The Labute approximate surface area is 162 Å². The Morgan fingerprint density at radius 1 is 1.14 bits per heavy atom. The average Bonchev–Trinajstić information content (AvgIpc) is 3.20. The highest BCUT2D eigenvalue weighted by atomic mass is 16.5. The van der Waals surface area contributed by atoms with Gasteiger partial charge in [-0.2, -0.15) is 0 Å². The molecule has 1 aromatic heterocycles. The van der Waals surface area contributed by atoms with Crippen LogP contribution < -0.4 is 14.8 Å². The second-order valence-electron chi connectivity index (χ2n) is 6.11. The first-order chi connectivity index (χ1) is 13.6. The van der Waals surface area contributed by atoms with Gasteiger partial charge in [-0.1, -0.05) is 24.3 Å². The quantitative estimate of drug-likeness (QED) is 0.618. The topological polar surface area (TPSA) is 98.5 Å². The maximum absolute atomic E-state index is 12.3. The molecular weight excluding hydrogens is 360 g/mol. The van der Waals surface area contributed by atoms with Gasteiger partial charge in [0.25, 0.3) is 5.91 Å². The number of benzene rings is 2. The fraction of sp³-hybridized carbons (Fsp3) is 0.250. The number of aromatic nitrogens is 3. The Hall–Kier alpha value is -3.39. The van der Waals surface area contributed by atoms with Gasteiger partial charge in [0, 0.05) is 6.54 Å². The predicted octanol–water partition coefficient (Wildman–Crippen LogP) is 1.96. The van der Waals surface area contributed by atoms with E-state index in [4.69, 9.17) is 9.47 Å². The van der Waals surface area contributed by atoms with Crippen LogP contribution in [0, 0.1) is 0 Å². The summed E-state index contributed by atoms with van der Waals surface area (Å²) in [4.78, 5) is 16.3. The molecule has 8 heteroatoms. The molecule has 0 spiro atoms. The molecule has 1 amide bonds. The van der Waals surface area contributed by atoms with Gasteiger partial charge in [-0.15, -0.1) is 5.10 Å². The largest absolute Gasteiger partial charge is 0.497 e. The molecule has 3 aromatic rings. The minimum Gasteiger partial charge on any atom is -0.497 e. The number of hydrogen-bond acceptors (Lipinski definition) is 6. The summed E-state index contributed by atoms with van der Waals surface area (Å²) in [6, 6.07) is 14.5. The molecule has 0 aliphatic heterocycles. The molecule has 0 fully saturated rings. The predicted molar refractivity (Wildman–Crippen MR) is 102 cm³/mol. The first-order valence-corrected chi connectivity index (χ1v) is 8.71. The summed E-state index contributed by atoms with van der Waals surface area (Å²) >= 11 is 0. The van der Waals surface area contributed by atoms with Crippen molar-refractivity contribution in [3.63, 3.8) is 0 Å². The number of nitrogens with zero attached hydrogens (tertiary/aromatic N) is 3. The molecule has 146 valence electrons. The van der Waals surface area contributed by atoms with Gasteiger partial charge in [0.2, 0.25) is 5.82 Å². The van der Waals surface area contributed by atoms with Gasteiger partial charge in [0.05, 0.1) is 26.9 Å². The van der Waals surface area contributed by atoms with E-state index in [1.807, 2.05) is 24.3 Å². The lowest BCUT2D eigenvalue weighted by Crippen LogP contribution is -2.24. The number of amides is 1. The minimum absolute atomic E-state index is 0.0461. The van der Waals surface area contributed by atoms with Crippen molar-refractivity contribution in [3.8, 4) is 11.5 Å². The third-order valence-electron chi connectivity index (χ3n) is 4.19. The lowest BCUT2D eigenvalue weighted by molar-refractivity contribution is 0.0938. The lowest BCUT2D eigenvalue weighted by Gasteiger charge is -2.11. The molecule has 28 heavy (non-hydrogen) atoms. The van der Waals surface area contributed by atoms with E-state index in [9.17, 15) is 9.90 Å². The summed E-state index contributed by atoms with van der Waals surface area (Å²) < 4.78 is 11.7. The molecule has 1 heterocycles. The molecule has 2 N–H and O–H groups in total. The van der Waals surface area contributed by atoms with Crippen LogP contribution >= 0.6 is 0 Å². The van der Waals surface area contributed by atoms with E-state index in [0.717, 1.165) is 16.9 Å². The van der Waals surface area contributed by atoms with Crippen molar-refractivity contribution in [1.29, 1.82) is 0 Å². The summed E-state index contributed by atoms with van der Waals surface area (Å²) in [6.07, 6.45) is 0.646. The van der Waals surface area contributed by atoms with Crippen molar-refractivity contribution in [1.82, 2.24) is 20.1 Å². The number of carbonyl (C=O) groups is 1. The molecule has 0 bridgehead atoms. The summed E-state index contributed by atoms with van der Waals surface area (Å²) in [5.74, 6) is 1.10. The Balaban J connectivity index is 1.57. The van der Waals surface area contributed by atoms with Crippen molar-refractivity contribution in [2.24, 2.45) is 0 Å². The van der Waals surface area contributed by atoms with E-state index in [-0.39, 0.29) is 18.3 Å². The van der Waals surface area contributed by atoms with E-state index in [0.29, 0.717) is 12.3 Å². The molecule has 3 rings (SSSR count). The Morgan fingerprint density at radius 2 is 1.89 bits per heavy atom. The van der Waals surface area contributed by atoms with Crippen molar-refractivity contribution in [2.45, 2.75) is 19.2 Å². The van der Waals surface area contributed by atoms with Gasteiger partial charge in [0.1, 0.15) is 17.8 Å². The highest BCUT2D eigenvalue weighted by Crippen LogP contribution is 2.18. The first-order valence-electron chi connectivity index (χ1n) is 8.71. The molecule has 1 atom stereocenters. The number of rotatable bonds is 8. The van der Waals surface area contributed by atoms with Crippen LogP contribution in [0.3, 0.4) is 0 Å². The van der Waals surface area contributed by atoms with E-state index < -0.39 is 6.10 Å². The van der Waals surface area contributed by atoms with Crippen molar-refractivity contribution < 1.29 is 19.4 Å². The molecule has 0 saturated heterocycles. The molecule has 8 nitrogen and oxygen atoms in total. The minimum atomic E-state index is -0.777. The standard InChI is InChI=1S/C20H22N4O4/c1-27-16-8-6-15(7-9-16)18(25)12-24-13-22-19(23-24)20(26)21-11-14-4-3-5-17(10-14)28-2/h3-10,13,18,25H,11-12H2,1-2H3,(H,21,26)/t18-/m1/s1. The average molecular weight is 382 g/mol. The van der Waals surface area contributed by atoms with Crippen LogP contribution in [-0.2, 0) is 13.1 Å². The number of aliphatic hydroxyl groups excluding tert-OH is 1. The third-order valence-corrected chi connectivity index (χ3v) is 4.19. The summed E-state index contributed by atoms with van der Waals surface area (Å²) in [5, 5.41) is 17.3. The number of ether oxygens (including phenoxy) is 2. The smallest absolute Gasteiger partial charge is 0.291 e. The third kappa shape index (κ3) is 4.86. The Kier molecular flexibility index (Phi) is 6.23. The monoisotopic (exact) mass is 382 g/mol. The van der Waals surface area contributed by atoms with Crippen LogP contribution in [0.25, 0.3) is 0 Å². The molecule has 0 radical (unpaired) electrons. The van der Waals surface area contributed by atoms with Crippen molar-refractivity contribution in [3.05, 3.63) is 71.8 Å². The second-order valence-corrected chi connectivity index (χ2v) is 6.11. The van der Waals surface area contributed by atoms with Gasteiger partial charge in [-0.05, 0) is 35.4 Å². The molecule has 0 unspecified atom stereocenters. The lowest BCUT2D eigenvalue weighted by atomic mass is 10.1. The number of nitrogens with one attached hydrogen (secondary N) is 1. The van der Waals surface area contributed by atoms with Crippen LogP contribution in [0.15, 0.2) is 54.9 Å². The fourth-order valence-electron chi connectivity index (χ4n) is 2.64. The fourth-order valence-corrected chi connectivity index (χ4v) is 2.64. The van der Waals surface area contributed by atoms with Crippen LogP contribution in [0.1, 0.15) is 27.8 Å². The van der Waals surface area contributed by atoms with E-state index in [1.54, 1.807) is 38.5 Å². The van der Waals surface area contributed by atoms with E-state index in [1.165, 1.54) is 11.0 Å². The second kappa shape index (κ2) is 9.01. The number of aliphatic hydroxyl groups is 1. The highest BCUT2D eigenvalue weighted by Gasteiger charge is 2.14. The van der Waals surface area contributed by atoms with Crippen LogP contribution in [-0.4, -0.2) is 40.0 Å². The highest BCUT2D eigenvalue weighted by molar-refractivity contribution is 5.90. The molecule has 0 aliphatic carbocycles. The van der Waals surface area contributed by atoms with E-state index in [2.05, 4.69) is 15.4 Å².